The van der Waals surface area contributed by atoms with Gasteiger partial charge in [0.1, 0.15) is 5.83 Å². The normalized spacial score (nSPS) is 12.5. The van der Waals surface area contributed by atoms with Crippen molar-refractivity contribution in [3.8, 4) is 6.07 Å². The molecule has 0 aliphatic carbocycles. The van der Waals surface area contributed by atoms with Crippen LogP contribution in [0.1, 0.15) is 6.92 Å². The molecule has 0 bridgehead atoms. The van der Waals surface area contributed by atoms with E-state index in [0.717, 1.165) is 0 Å². The van der Waals surface area contributed by atoms with Crippen LogP contribution in [-0.2, 0) is 0 Å². The van der Waals surface area contributed by atoms with Crippen LogP contribution in [0, 0.1) is 11.3 Å². The minimum atomic E-state index is -0.395. The third-order valence-electron chi connectivity index (χ3n) is 0.964. The predicted molar refractivity (Wildman–Crippen MR) is 46.6 cm³/mol. The molecule has 0 saturated heterocycles. The molecule has 11 heavy (non-hydrogen) atoms. The Morgan fingerprint density at radius 2 is 2.27 bits per heavy atom. The van der Waals surface area contributed by atoms with Crippen molar-refractivity contribution in [3.63, 3.8) is 0 Å². The number of halogens is 2. The third kappa shape index (κ3) is 3.74. The lowest BCUT2D eigenvalue weighted by Gasteiger charge is -1.90. The van der Waals surface area contributed by atoms with Crippen molar-refractivity contribution in [3.05, 3.63) is 34.6 Å². The van der Waals surface area contributed by atoms with E-state index in [9.17, 15) is 4.39 Å². The summed E-state index contributed by atoms with van der Waals surface area (Å²) in [6.07, 6.45) is 2.50. The van der Waals surface area contributed by atoms with Gasteiger partial charge in [0.05, 0.1) is 11.6 Å². The van der Waals surface area contributed by atoms with Crippen LogP contribution in [-0.4, -0.2) is 0 Å². The van der Waals surface area contributed by atoms with Crippen molar-refractivity contribution in [2.24, 2.45) is 0 Å². The highest BCUT2D eigenvalue weighted by atomic mass is 79.9. The first-order valence-electron chi connectivity index (χ1n) is 2.90. The van der Waals surface area contributed by atoms with E-state index in [0.29, 0.717) is 4.48 Å². The van der Waals surface area contributed by atoms with Gasteiger partial charge >= 0.3 is 0 Å². The summed E-state index contributed by atoms with van der Waals surface area (Å²) < 4.78 is 12.9. The molecule has 3 heteroatoms. The SMILES string of the molecule is C=C(C#N)C(Br)=CC(F)=CC. The van der Waals surface area contributed by atoms with Crippen molar-refractivity contribution in [1.29, 1.82) is 5.26 Å². The Kier molecular flexibility index (Phi) is 4.47. The summed E-state index contributed by atoms with van der Waals surface area (Å²) in [5, 5.41) is 8.33. The molecule has 0 amide bonds. The van der Waals surface area contributed by atoms with E-state index in [2.05, 4.69) is 22.5 Å². The molecule has 0 aromatic rings. The molecule has 58 valence electrons. The Morgan fingerprint density at radius 1 is 1.73 bits per heavy atom. The van der Waals surface area contributed by atoms with E-state index in [1.54, 1.807) is 13.0 Å². The van der Waals surface area contributed by atoms with Crippen LogP contribution in [0.5, 0.6) is 0 Å². The van der Waals surface area contributed by atoms with Crippen LogP contribution in [0.3, 0.4) is 0 Å². The van der Waals surface area contributed by atoms with Gasteiger partial charge in [-0.3, -0.25) is 0 Å². The van der Waals surface area contributed by atoms with E-state index in [4.69, 9.17) is 5.26 Å². The summed E-state index contributed by atoms with van der Waals surface area (Å²) in [5.74, 6) is -0.395. The maximum Gasteiger partial charge on any atom is 0.120 e. The molecular formula is C8H7BrFN. The number of allylic oxidation sites excluding steroid dienone is 5. The molecule has 0 aliphatic rings. The molecule has 1 nitrogen and oxygen atoms in total. The first-order valence-corrected chi connectivity index (χ1v) is 3.69. The molecule has 0 radical (unpaired) electrons. The number of hydrogen-bond donors (Lipinski definition) is 0. The lowest BCUT2D eigenvalue weighted by molar-refractivity contribution is 0.664. The molecule has 0 heterocycles. The lowest BCUT2D eigenvalue weighted by Crippen LogP contribution is -1.75. The van der Waals surface area contributed by atoms with E-state index < -0.39 is 5.83 Å². The summed E-state index contributed by atoms with van der Waals surface area (Å²) in [6.45, 7) is 4.96. The second-order valence-corrected chi connectivity index (χ2v) is 2.61. The van der Waals surface area contributed by atoms with Gasteiger partial charge < -0.3 is 0 Å². The molecule has 0 rings (SSSR count). The van der Waals surface area contributed by atoms with Crippen LogP contribution in [0.4, 0.5) is 4.39 Å². The first-order chi connectivity index (χ1) is 5.11. The van der Waals surface area contributed by atoms with Gasteiger partial charge in [-0.1, -0.05) is 12.7 Å². The van der Waals surface area contributed by atoms with Crippen LogP contribution in [0.2, 0.25) is 0 Å². The van der Waals surface area contributed by atoms with E-state index in [1.807, 2.05) is 0 Å². The van der Waals surface area contributed by atoms with Crippen LogP contribution >= 0.6 is 15.9 Å². The minimum Gasteiger partial charge on any atom is -0.207 e. The van der Waals surface area contributed by atoms with Crippen LogP contribution < -0.4 is 0 Å². The van der Waals surface area contributed by atoms with Crippen molar-refractivity contribution in [2.45, 2.75) is 6.92 Å². The smallest absolute Gasteiger partial charge is 0.120 e. The molecule has 0 aromatic heterocycles. The molecule has 0 aromatic carbocycles. The zero-order valence-corrected chi connectivity index (χ0v) is 7.65. The maximum atomic E-state index is 12.5. The van der Waals surface area contributed by atoms with Gasteiger partial charge in [-0.25, -0.2) is 4.39 Å². The lowest BCUT2D eigenvalue weighted by atomic mass is 10.3. The molecule has 0 N–H and O–H groups in total. The maximum absolute atomic E-state index is 12.5. The molecule has 0 fully saturated rings. The van der Waals surface area contributed by atoms with Gasteiger partial charge in [0.2, 0.25) is 0 Å². The Hall–Kier alpha value is -0.880. The number of rotatable bonds is 2. The average molecular weight is 216 g/mol. The van der Waals surface area contributed by atoms with Crippen molar-refractivity contribution in [1.82, 2.24) is 0 Å². The van der Waals surface area contributed by atoms with Crippen molar-refractivity contribution >= 4 is 15.9 Å². The van der Waals surface area contributed by atoms with Gasteiger partial charge in [0, 0.05) is 4.48 Å². The highest BCUT2D eigenvalue weighted by Crippen LogP contribution is 2.17. The van der Waals surface area contributed by atoms with Crippen LogP contribution in [0.25, 0.3) is 0 Å². The Labute approximate surface area is 73.7 Å². The highest BCUT2D eigenvalue weighted by molar-refractivity contribution is 9.12. The number of nitriles is 1. The Balaban J connectivity index is 4.50. The Bertz CT molecular complexity index is 258. The van der Waals surface area contributed by atoms with Crippen molar-refractivity contribution < 1.29 is 4.39 Å². The zero-order valence-electron chi connectivity index (χ0n) is 6.06. The standard InChI is InChI=1S/C8H7BrFN/c1-3-7(10)4-8(9)6(2)5-11/h3-4H,2H2,1H3. The summed E-state index contributed by atoms with van der Waals surface area (Å²) in [5.41, 5.74) is 0.210. The number of nitrogens with zero attached hydrogens (tertiary/aromatic N) is 1. The summed E-state index contributed by atoms with van der Waals surface area (Å²) in [6, 6.07) is 1.79. The van der Waals surface area contributed by atoms with Crippen LogP contribution in [0.15, 0.2) is 34.6 Å². The van der Waals surface area contributed by atoms with Gasteiger partial charge in [-0.15, -0.1) is 0 Å². The second kappa shape index (κ2) is 4.86. The van der Waals surface area contributed by atoms with E-state index in [-0.39, 0.29) is 5.57 Å². The largest absolute Gasteiger partial charge is 0.207 e. The summed E-state index contributed by atoms with van der Waals surface area (Å²) >= 11 is 3.00. The topological polar surface area (TPSA) is 23.8 Å². The average Bonchev–Trinajstić information content (AvgIpc) is 2.02. The van der Waals surface area contributed by atoms with Crippen molar-refractivity contribution in [2.75, 3.05) is 0 Å². The fourth-order valence-corrected chi connectivity index (χ4v) is 0.652. The Morgan fingerprint density at radius 3 is 2.64 bits per heavy atom. The van der Waals surface area contributed by atoms with Gasteiger partial charge in [-0.2, -0.15) is 5.26 Å². The number of hydrogen-bond acceptors (Lipinski definition) is 1. The molecular weight excluding hydrogens is 209 g/mol. The van der Waals surface area contributed by atoms with E-state index >= 15 is 0 Å². The summed E-state index contributed by atoms with van der Waals surface area (Å²) in [7, 11) is 0. The van der Waals surface area contributed by atoms with Gasteiger partial charge in [0.25, 0.3) is 0 Å². The quantitative estimate of drug-likeness (QED) is 0.513. The minimum absolute atomic E-state index is 0.210. The van der Waals surface area contributed by atoms with Gasteiger partial charge in [-0.05, 0) is 28.9 Å². The highest BCUT2D eigenvalue weighted by Gasteiger charge is 1.97. The fourth-order valence-electron chi connectivity index (χ4n) is 0.345. The molecule has 0 saturated carbocycles. The monoisotopic (exact) mass is 215 g/mol. The zero-order chi connectivity index (χ0) is 8.85. The predicted octanol–water partition coefficient (Wildman–Crippen LogP) is 3.22. The fraction of sp³-hybridized carbons (Fsp3) is 0.125. The first kappa shape index (κ1) is 10.1. The van der Waals surface area contributed by atoms with E-state index in [1.165, 1.54) is 12.2 Å². The molecule has 0 aliphatic heterocycles. The molecule has 0 spiro atoms. The van der Waals surface area contributed by atoms with Gasteiger partial charge in [0.15, 0.2) is 0 Å². The molecule has 0 unspecified atom stereocenters. The summed E-state index contributed by atoms with van der Waals surface area (Å²) in [4.78, 5) is 0. The third-order valence-corrected chi connectivity index (χ3v) is 1.67. The second-order valence-electron chi connectivity index (χ2n) is 1.76. The molecule has 0 atom stereocenters.